The Hall–Kier alpha value is -2.25. The van der Waals surface area contributed by atoms with Gasteiger partial charge >= 0.3 is 0 Å². The molecular weight excluding hydrogens is 336 g/mol. The molecule has 130 valence electrons. The van der Waals surface area contributed by atoms with Crippen LogP contribution in [0.4, 0.5) is 0 Å². The second-order valence-electron chi connectivity index (χ2n) is 6.53. The highest BCUT2D eigenvalue weighted by Gasteiger charge is 2.25. The van der Waals surface area contributed by atoms with Gasteiger partial charge in [-0.05, 0) is 31.5 Å². The minimum Gasteiger partial charge on any atom is -0.332 e. The fourth-order valence-corrected chi connectivity index (χ4v) is 4.39. The number of aromatic nitrogens is 2. The number of rotatable bonds is 2. The Morgan fingerprint density at radius 1 is 1.36 bits per heavy atom. The van der Waals surface area contributed by atoms with Gasteiger partial charge in [0.25, 0.3) is 11.5 Å². The van der Waals surface area contributed by atoms with Gasteiger partial charge in [0.2, 0.25) is 0 Å². The predicted octanol–water partition coefficient (Wildman–Crippen LogP) is 0.578. The van der Waals surface area contributed by atoms with Gasteiger partial charge in [0.15, 0.2) is 0 Å². The summed E-state index contributed by atoms with van der Waals surface area (Å²) < 4.78 is 1.56. The van der Waals surface area contributed by atoms with Crippen LogP contribution in [0.2, 0.25) is 0 Å². The van der Waals surface area contributed by atoms with Crippen LogP contribution < -0.4 is 10.5 Å². The molecule has 0 aromatic carbocycles. The molecule has 1 aliphatic rings. The van der Waals surface area contributed by atoms with E-state index in [1.54, 1.807) is 16.7 Å². The molecule has 0 saturated carbocycles. The fourth-order valence-electron chi connectivity index (χ4n) is 3.40. The number of likely N-dealkylation sites (N-methyl/N-ethyl adjacent to an activating group) is 1. The summed E-state index contributed by atoms with van der Waals surface area (Å²) in [5.41, 5.74) is 1.49. The lowest BCUT2D eigenvalue weighted by Crippen LogP contribution is -3.14. The quantitative estimate of drug-likeness (QED) is 0.730. The minimum atomic E-state index is -0.112. The van der Waals surface area contributed by atoms with E-state index in [4.69, 9.17) is 0 Å². The molecule has 0 aliphatic carbocycles. The molecule has 1 N–H and O–H groups in total. The smallest absolute Gasteiger partial charge is 0.266 e. The molecule has 1 fully saturated rings. The van der Waals surface area contributed by atoms with Gasteiger partial charge in [0, 0.05) is 6.20 Å². The SMILES string of the molecule is CC[NH+]1CCN(C(=O)c2cc3c(=O)n4cccc(C)c4nc3s2)CC1. The van der Waals surface area contributed by atoms with Crippen molar-refractivity contribution in [1.82, 2.24) is 14.3 Å². The molecule has 6 nitrogen and oxygen atoms in total. The zero-order valence-electron chi connectivity index (χ0n) is 14.4. The summed E-state index contributed by atoms with van der Waals surface area (Å²) in [5.74, 6) is 0.0170. The van der Waals surface area contributed by atoms with Gasteiger partial charge in [-0.15, -0.1) is 11.3 Å². The monoisotopic (exact) mass is 357 g/mol. The Balaban J connectivity index is 1.73. The van der Waals surface area contributed by atoms with Gasteiger partial charge in [-0.25, -0.2) is 4.98 Å². The van der Waals surface area contributed by atoms with Crippen LogP contribution in [0.1, 0.15) is 22.2 Å². The number of pyridine rings is 1. The number of nitrogens with zero attached hydrogens (tertiary/aromatic N) is 3. The van der Waals surface area contributed by atoms with Crippen LogP contribution in [0.3, 0.4) is 0 Å². The zero-order chi connectivity index (χ0) is 17.6. The zero-order valence-corrected chi connectivity index (χ0v) is 15.2. The number of carbonyl (C=O) groups is 1. The number of carbonyl (C=O) groups excluding carboxylic acids is 1. The Morgan fingerprint density at radius 3 is 2.84 bits per heavy atom. The first-order valence-electron chi connectivity index (χ1n) is 8.63. The van der Waals surface area contributed by atoms with E-state index in [2.05, 4.69) is 11.9 Å². The number of nitrogens with one attached hydrogen (secondary N) is 1. The van der Waals surface area contributed by atoms with E-state index in [1.165, 1.54) is 16.2 Å². The van der Waals surface area contributed by atoms with Gasteiger partial charge in [0.05, 0.1) is 43.0 Å². The third-order valence-corrected chi connectivity index (χ3v) is 6.02. The van der Waals surface area contributed by atoms with E-state index < -0.39 is 0 Å². The molecule has 7 heteroatoms. The van der Waals surface area contributed by atoms with Gasteiger partial charge in [-0.3, -0.25) is 14.0 Å². The molecule has 1 saturated heterocycles. The Kier molecular flexibility index (Phi) is 4.05. The lowest BCUT2D eigenvalue weighted by atomic mass is 10.2. The minimum absolute atomic E-state index is 0.0170. The lowest BCUT2D eigenvalue weighted by Gasteiger charge is -2.31. The van der Waals surface area contributed by atoms with Crippen molar-refractivity contribution in [3.63, 3.8) is 0 Å². The Labute approximate surface area is 149 Å². The molecule has 25 heavy (non-hydrogen) atoms. The van der Waals surface area contributed by atoms with Crippen LogP contribution in [-0.4, -0.2) is 52.9 Å². The maximum atomic E-state index is 12.8. The highest BCUT2D eigenvalue weighted by molar-refractivity contribution is 7.20. The summed E-state index contributed by atoms with van der Waals surface area (Å²) in [7, 11) is 0. The third kappa shape index (κ3) is 2.73. The van der Waals surface area contributed by atoms with E-state index in [9.17, 15) is 9.59 Å². The summed E-state index contributed by atoms with van der Waals surface area (Å²) in [4.78, 5) is 34.8. The number of piperazine rings is 1. The average Bonchev–Trinajstić information content (AvgIpc) is 3.07. The third-order valence-electron chi connectivity index (χ3n) is 5.00. The molecule has 1 amide bonds. The van der Waals surface area contributed by atoms with Gasteiger partial charge in [0.1, 0.15) is 10.5 Å². The van der Waals surface area contributed by atoms with E-state index in [1.807, 2.05) is 24.0 Å². The maximum Gasteiger partial charge on any atom is 0.266 e. The Morgan fingerprint density at radius 2 is 2.12 bits per heavy atom. The Bertz CT molecular complexity index is 1020. The number of thiophene rings is 1. The van der Waals surface area contributed by atoms with Crippen molar-refractivity contribution in [3.05, 3.63) is 45.2 Å². The summed E-state index contributed by atoms with van der Waals surface area (Å²) in [6, 6.07) is 5.49. The summed E-state index contributed by atoms with van der Waals surface area (Å²) in [5, 5.41) is 0.522. The highest BCUT2D eigenvalue weighted by Crippen LogP contribution is 2.24. The molecule has 4 rings (SSSR count). The fraction of sp³-hybridized carbons (Fsp3) is 0.389. The second kappa shape index (κ2) is 6.24. The van der Waals surface area contributed by atoms with Crippen molar-refractivity contribution in [2.45, 2.75) is 13.8 Å². The molecule has 1 aliphatic heterocycles. The first-order valence-corrected chi connectivity index (χ1v) is 9.44. The van der Waals surface area contributed by atoms with Crippen molar-refractivity contribution in [3.8, 4) is 0 Å². The van der Waals surface area contributed by atoms with Crippen molar-refractivity contribution >= 4 is 33.1 Å². The van der Waals surface area contributed by atoms with E-state index in [0.29, 0.717) is 20.7 Å². The molecule has 3 aromatic rings. The molecule has 0 spiro atoms. The second-order valence-corrected chi connectivity index (χ2v) is 7.56. The summed E-state index contributed by atoms with van der Waals surface area (Å²) in [6.45, 7) is 8.70. The van der Waals surface area contributed by atoms with Crippen LogP contribution in [-0.2, 0) is 0 Å². The van der Waals surface area contributed by atoms with Crippen LogP contribution >= 0.6 is 11.3 Å². The van der Waals surface area contributed by atoms with Crippen molar-refractivity contribution in [2.24, 2.45) is 0 Å². The average molecular weight is 357 g/mol. The number of aryl methyl sites for hydroxylation is 1. The number of quaternary nitrogens is 1. The molecule has 0 unspecified atom stereocenters. The van der Waals surface area contributed by atoms with Gasteiger partial charge in [-0.2, -0.15) is 0 Å². The molecule has 0 atom stereocenters. The number of amides is 1. The number of fused-ring (bicyclic) bond motifs is 2. The number of hydrogen-bond donors (Lipinski definition) is 1. The standard InChI is InChI=1S/C18H20N4O2S/c1-3-20-7-9-21(10-8-20)18(24)14-11-13-16(25-14)19-15-12(2)5-4-6-22(15)17(13)23/h4-6,11H,3,7-10H2,1-2H3/p+1. The van der Waals surface area contributed by atoms with Crippen LogP contribution in [0.25, 0.3) is 15.9 Å². The molecule has 0 radical (unpaired) electrons. The molecular formula is C18H21N4O2S+. The lowest BCUT2D eigenvalue weighted by molar-refractivity contribution is -0.902. The van der Waals surface area contributed by atoms with Crippen LogP contribution in [0.15, 0.2) is 29.2 Å². The topological polar surface area (TPSA) is 59.1 Å². The van der Waals surface area contributed by atoms with Crippen molar-refractivity contribution < 1.29 is 9.69 Å². The van der Waals surface area contributed by atoms with Crippen molar-refractivity contribution in [1.29, 1.82) is 0 Å². The van der Waals surface area contributed by atoms with Gasteiger partial charge < -0.3 is 9.80 Å². The molecule has 4 heterocycles. The van der Waals surface area contributed by atoms with E-state index in [0.717, 1.165) is 38.3 Å². The molecule has 0 bridgehead atoms. The first kappa shape index (κ1) is 16.2. The maximum absolute atomic E-state index is 12.8. The largest absolute Gasteiger partial charge is 0.332 e. The molecule has 3 aromatic heterocycles. The van der Waals surface area contributed by atoms with Crippen LogP contribution in [0, 0.1) is 6.92 Å². The number of hydrogen-bond acceptors (Lipinski definition) is 4. The summed E-state index contributed by atoms with van der Waals surface area (Å²) >= 11 is 1.32. The first-order chi connectivity index (χ1) is 12.1. The van der Waals surface area contributed by atoms with Gasteiger partial charge in [-0.1, -0.05) is 6.07 Å². The summed E-state index contributed by atoms with van der Waals surface area (Å²) in [6.07, 6.45) is 1.73. The highest BCUT2D eigenvalue weighted by atomic mass is 32.1. The van der Waals surface area contributed by atoms with Crippen molar-refractivity contribution in [2.75, 3.05) is 32.7 Å². The van der Waals surface area contributed by atoms with E-state index in [-0.39, 0.29) is 11.5 Å². The van der Waals surface area contributed by atoms with E-state index >= 15 is 0 Å². The predicted molar refractivity (Wildman–Crippen MR) is 98.7 cm³/mol. The normalized spacial score (nSPS) is 16.0. The van der Waals surface area contributed by atoms with Crippen LogP contribution in [0.5, 0.6) is 0 Å².